The maximum absolute atomic E-state index is 13.5. The molecule has 3 aromatic carbocycles. The van der Waals surface area contributed by atoms with E-state index in [4.69, 9.17) is 11.6 Å². The minimum Gasteiger partial charge on any atom is -0.321 e. The fourth-order valence-corrected chi connectivity index (χ4v) is 5.04. The summed E-state index contributed by atoms with van der Waals surface area (Å²) >= 11 is 7.28. The summed E-state index contributed by atoms with van der Waals surface area (Å²) in [5, 5.41) is 12.8. The van der Waals surface area contributed by atoms with E-state index in [9.17, 15) is 19.2 Å². The van der Waals surface area contributed by atoms with Crippen LogP contribution in [0.25, 0.3) is 0 Å². The van der Waals surface area contributed by atoms with Crippen LogP contribution in [0.4, 0.5) is 15.8 Å². The molecule has 1 unspecified atom stereocenters. The number of halogens is 2. The number of rotatable bonds is 5. The van der Waals surface area contributed by atoms with E-state index >= 15 is 0 Å². The number of hydrogen-bond donors (Lipinski definition) is 1. The van der Waals surface area contributed by atoms with E-state index in [1.54, 1.807) is 24.3 Å². The molecule has 0 saturated carbocycles. The smallest absolute Gasteiger partial charge is 0.269 e. The van der Waals surface area contributed by atoms with Crippen molar-refractivity contribution < 1.29 is 14.0 Å². The highest BCUT2D eigenvalue weighted by Crippen LogP contribution is 2.42. The fourth-order valence-electron chi connectivity index (χ4n) is 3.52. The van der Waals surface area contributed by atoms with Gasteiger partial charge in [0.2, 0.25) is 5.91 Å². The number of nitrogens with one attached hydrogen (secondary N) is 1. The molecular formula is C26H19ClFN3O2S. The van der Waals surface area contributed by atoms with E-state index in [0.717, 1.165) is 11.1 Å². The van der Waals surface area contributed by atoms with Gasteiger partial charge in [0.15, 0.2) is 0 Å². The molecule has 0 bridgehead atoms. The molecule has 1 heterocycles. The summed E-state index contributed by atoms with van der Waals surface area (Å²) in [6.07, 6.45) is 0.383. The first-order valence-corrected chi connectivity index (χ1v) is 11.6. The van der Waals surface area contributed by atoms with Gasteiger partial charge in [-0.15, -0.1) is 0 Å². The van der Waals surface area contributed by atoms with Crippen LogP contribution in [0, 0.1) is 24.1 Å². The van der Waals surface area contributed by atoms with E-state index in [0.29, 0.717) is 22.8 Å². The van der Waals surface area contributed by atoms with Crippen LogP contribution in [-0.2, 0) is 16.0 Å². The highest BCUT2D eigenvalue weighted by Gasteiger charge is 2.40. The van der Waals surface area contributed by atoms with Gasteiger partial charge in [-0.1, -0.05) is 53.2 Å². The summed E-state index contributed by atoms with van der Waals surface area (Å²) in [5.74, 6) is -1.35. The quantitative estimate of drug-likeness (QED) is 0.359. The Labute approximate surface area is 205 Å². The first-order valence-electron chi connectivity index (χ1n) is 10.4. The van der Waals surface area contributed by atoms with Crippen molar-refractivity contribution in [3.8, 4) is 6.07 Å². The molecule has 1 saturated heterocycles. The normalized spacial score (nSPS) is 16.8. The van der Waals surface area contributed by atoms with Gasteiger partial charge in [-0.05, 0) is 67.4 Å². The number of benzene rings is 3. The van der Waals surface area contributed by atoms with Gasteiger partial charge in [-0.3, -0.25) is 14.5 Å². The van der Waals surface area contributed by atoms with Crippen molar-refractivity contribution in [2.24, 2.45) is 0 Å². The number of nitriles is 1. The zero-order valence-electron chi connectivity index (χ0n) is 18.1. The predicted octanol–water partition coefficient (Wildman–Crippen LogP) is 5.85. The van der Waals surface area contributed by atoms with Crippen LogP contribution in [0.2, 0.25) is 5.02 Å². The van der Waals surface area contributed by atoms with Crippen molar-refractivity contribution in [2.45, 2.75) is 18.6 Å². The van der Waals surface area contributed by atoms with E-state index in [1.807, 2.05) is 37.3 Å². The standard InChI is InChI=1S/C26H19ClFN3O2S/c1-16-5-11-21(12-6-16)31-25(33)23(14-17-3-2-4-18(27)13-17)34-26(31)22(15-29)24(32)30-20-9-7-19(28)8-10-20/h2-13,23H,14H2,1H3,(H,30,32)/b26-22+. The summed E-state index contributed by atoms with van der Waals surface area (Å²) in [7, 11) is 0. The van der Waals surface area contributed by atoms with E-state index < -0.39 is 17.0 Å². The average Bonchev–Trinajstić information content (AvgIpc) is 3.12. The Kier molecular flexibility index (Phi) is 7.01. The van der Waals surface area contributed by atoms with E-state index in [-0.39, 0.29) is 16.5 Å². The molecule has 1 atom stereocenters. The molecule has 0 spiro atoms. The second kappa shape index (κ2) is 10.1. The van der Waals surface area contributed by atoms with Gasteiger partial charge in [0.25, 0.3) is 5.91 Å². The number of hydrogen-bond acceptors (Lipinski definition) is 4. The average molecular weight is 492 g/mol. The monoisotopic (exact) mass is 491 g/mol. The lowest BCUT2D eigenvalue weighted by molar-refractivity contribution is -0.117. The van der Waals surface area contributed by atoms with Crippen LogP contribution in [0.1, 0.15) is 11.1 Å². The second-order valence-electron chi connectivity index (χ2n) is 7.70. The van der Waals surface area contributed by atoms with E-state index in [2.05, 4.69) is 5.32 Å². The van der Waals surface area contributed by atoms with Crippen LogP contribution in [0.3, 0.4) is 0 Å². The summed E-state index contributed by atoms with van der Waals surface area (Å²) in [4.78, 5) is 27.9. The third-order valence-corrected chi connectivity index (χ3v) is 6.71. The number of nitrogens with zero attached hydrogens (tertiary/aromatic N) is 2. The molecule has 0 aliphatic carbocycles. The zero-order valence-corrected chi connectivity index (χ0v) is 19.7. The summed E-state index contributed by atoms with van der Waals surface area (Å²) in [5.41, 5.74) is 2.59. The van der Waals surface area contributed by atoms with Crippen molar-refractivity contribution >= 4 is 46.6 Å². The van der Waals surface area contributed by atoms with Crippen molar-refractivity contribution in [3.05, 3.63) is 105 Å². The number of carbonyl (C=O) groups is 2. The zero-order chi connectivity index (χ0) is 24.2. The first-order chi connectivity index (χ1) is 16.4. The lowest BCUT2D eigenvalue weighted by Gasteiger charge is -2.19. The topological polar surface area (TPSA) is 73.2 Å². The molecule has 5 nitrogen and oxygen atoms in total. The van der Waals surface area contributed by atoms with Crippen LogP contribution in [0.5, 0.6) is 0 Å². The predicted molar refractivity (Wildman–Crippen MR) is 133 cm³/mol. The van der Waals surface area contributed by atoms with Crippen LogP contribution < -0.4 is 10.2 Å². The second-order valence-corrected chi connectivity index (χ2v) is 9.33. The van der Waals surface area contributed by atoms with Gasteiger partial charge < -0.3 is 5.32 Å². The lowest BCUT2D eigenvalue weighted by Crippen LogP contribution is -2.30. The molecule has 0 radical (unpaired) electrons. The Morgan fingerprint density at radius 1 is 1.15 bits per heavy atom. The largest absolute Gasteiger partial charge is 0.321 e. The Bertz CT molecular complexity index is 1320. The summed E-state index contributed by atoms with van der Waals surface area (Å²) < 4.78 is 13.2. The van der Waals surface area contributed by atoms with Crippen LogP contribution in [0.15, 0.2) is 83.4 Å². The van der Waals surface area contributed by atoms with Crippen LogP contribution >= 0.6 is 23.4 Å². The van der Waals surface area contributed by atoms with Gasteiger partial charge in [0.05, 0.1) is 5.25 Å². The Balaban J connectivity index is 1.72. The van der Waals surface area contributed by atoms with Gasteiger partial charge in [0, 0.05) is 16.4 Å². The van der Waals surface area contributed by atoms with Crippen molar-refractivity contribution in [1.29, 1.82) is 5.26 Å². The van der Waals surface area contributed by atoms with Gasteiger partial charge >= 0.3 is 0 Å². The molecule has 3 aromatic rings. The Morgan fingerprint density at radius 2 is 1.85 bits per heavy atom. The molecule has 34 heavy (non-hydrogen) atoms. The maximum atomic E-state index is 13.5. The molecule has 1 aliphatic rings. The highest BCUT2D eigenvalue weighted by molar-refractivity contribution is 8.05. The lowest BCUT2D eigenvalue weighted by atomic mass is 10.1. The van der Waals surface area contributed by atoms with Gasteiger partial charge in [-0.2, -0.15) is 5.26 Å². The maximum Gasteiger partial charge on any atom is 0.269 e. The fraction of sp³-hybridized carbons (Fsp3) is 0.115. The van der Waals surface area contributed by atoms with E-state index in [1.165, 1.54) is 40.9 Å². The van der Waals surface area contributed by atoms with Crippen molar-refractivity contribution in [3.63, 3.8) is 0 Å². The third kappa shape index (κ3) is 5.14. The van der Waals surface area contributed by atoms with Gasteiger partial charge in [0.1, 0.15) is 22.5 Å². The van der Waals surface area contributed by atoms with Crippen LogP contribution in [-0.4, -0.2) is 17.1 Å². The first kappa shape index (κ1) is 23.6. The van der Waals surface area contributed by atoms with Crippen molar-refractivity contribution in [1.82, 2.24) is 0 Å². The number of carbonyl (C=O) groups excluding carboxylic acids is 2. The number of aryl methyl sites for hydroxylation is 1. The minimum absolute atomic E-state index is 0.197. The Hall–Kier alpha value is -3.60. The minimum atomic E-state index is -0.676. The highest BCUT2D eigenvalue weighted by atomic mass is 35.5. The summed E-state index contributed by atoms with van der Waals surface area (Å²) in [6.45, 7) is 1.93. The summed E-state index contributed by atoms with van der Waals surface area (Å²) in [6, 6.07) is 21.7. The molecular weight excluding hydrogens is 473 g/mol. The molecule has 1 N–H and O–H groups in total. The molecule has 1 fully saturated rings. The molecule has 2 amide bonds. The molecule has 1 aliphatic heterocycles. The Morgan fingerprint density at radius 3 is 2.50 bits per heavy atom. The SMILES string of the molecule is Cc1ccc(N2C(=O)C(Cc3cccc(Cl)c3)S/C2=C(\C#N)C(=O)Nc2ccc(F)cc2)cc1. The molecule has 8 heteroatoms. The van der Waals surface area contributed by atoms with Crippen molar-refractivity contribution in [2.75, 3.05) is 10.2 Å². The van der Waals surface area contributed by atoms with Gasteiger partial charge in [-0.25, -0.2) is 4.39 Å². The third-order valence-electron chi connectivity index (χ3n) is 5.21. The molecule has 170 valence electrons. The molecule has 0 aromatic heterocycles. The molecule has 4 rings (SSSR count). The number of amides is 2. The number of anilines is 2. The number of thioether (sulfide) groups is 1.